The predicted octanol–water partition coefficient (Wildman–Crippen LogP) is 3.68. The summed E-state index contributed by atoms with van der Waals surface area (Å²) in [5.74, 6) is -5.02. The summed E-state index contributed by atoms with van der Waals surface area (Å²) in [5, 5.41) is 10.4. The molecule has 14 heteroatoms. The molecule has 0 bridgehead atoms. The second-order valence-electron chi connectivity index (χ2n) is 8.55. The largest absolute Gasteiger partial charge is 0.491 e. The number of aromatic nitrogens is 3. The van der Waals surface area contributed by atoms with Gasteiger partial charge in [0.1, 0.15) is 35.4 Å². The molecule has 2 N–H and O–H groups in total. The topological polar surface area (TPSA) is 133 Å². The van der Waals surface area contributed by atoms with Gasteiger partial charge in [-0.05, 0) is 30.3 Å². The van der Waals surface area contributed by atoms with Crippen LogP contribution in [0.1, 0.15) is 15.2 Å². The first-order chi connectivity index (χ1) is 19.7. The minimum Gasteiger partial charge on any atom is -0.491 e. The van der Waals surface area contributed by atoms with Crippen LogP contribution in [-0.2, 0) is 13.2 Å². The van der Waals surface area contributed by atoms with Crippen LogP contribution in [0.3, 0.4) is 0 Å². The Hall–Kier alpha value is -5.11. The van der Waals surface area contributed by atoms with E-state index in [0.717, 1.165) is 35.6 Å². The number of fused-ring (bicyclic) bond motifs is 1. The van der Waals surface area contributed by atoms with Crippen molar-refractivity contribution < 1.29 is 32.5 Å². The second-order valence-corrected chi connectivity index (χ2v) is 9.43. The summed E-state index contributed by atoms with van der Waals surface area (Å²) in [4.78, 5) is 51.1. The Kier molecular flexibility index (Phi) is 7.48. The minimum absolute atomic E-state index is 0.0160. The van der Waals surface area contributed by atoms with E-state index in [4.69, 9.17) is 9.47 Å². The number of halogens is 3. The molecule has 0 aliphatic carbocycles. The fourth-order valence-electron chi connectivity index (χ4n) is 4.07. The fourth-order valence-corrected chi connectivity index (χ4v) is 4.90. The second kappa shape index (κ2) is 11.2. The van der Waals surface area contributed by atoms with Gasteiger partial charge in [-0.15, -0.1) is 11.3 Å². The molecule has 5 rings (SSSR count). The molecule has 0 unspecified atom stereocenters. The van der Waals surface area contributed by atoms with Crippen LogP contribution >= 0.6 is 11.3 Å². The summed E-state index contributed by atoms with van der Waals surface area (Å²) in [6.45, 7) is -0.521. The molecule has 3 heterocycles. The molecule has 0 amide bonds. The van der Waals surface area contributed by atoms with E-state index >= 15 is 0 Å². The van der Waals surface area contributed by atoms with E-state index in [0.29, 0.717) is 4.57 Å². The van der Waals surface area contributed by atoms with Crippen LogP contribution in [0.15, 0.2) is 74.5 Å². The average Bonchev–Trinajstić information content (AvgIpc) is 3.37. The van der Waals surface area contributed by atoms with Crippen LogP contribution < -0.4 is 26.3 Å². The molecule has 5 aromatic rings. The molecule has 2 aromatic carbocycles. The van der Waals surface area contributed by atoms with Crippen molar-refractivity contribution in [2.45, 2.75) is 13.2 Å². The number of thiophene rings is 1. The summed E-state index contributed by atoms with van der Waals surface area (Å²) < 4.78 is 56.5. The molecule has 3 aromatic heterocycles. The molecular formula is C27H18F3N3O7S. The molecule has 0 fully saturated rings. The van der Waals surface area contributed by atoms with Gasteiger partial charge in [0.2, 0.25) is 0 Å². The molecule has 10 nitrogen and oxygen atoms in total. The van der Waals surface area contributed by atoms with Gasteiger partial charge in [-0.2, -0.15) is 0 Å². The number of carboxylic acids is 1. The Bertz CT molecular complexity index is 1980. The van der Waals surface area contributed by atoms with Gasteiger partial charge < -0.3 is 24.1 Å². The van der Waals surface area contributed by atoms with Gasteiger partial charge in [0.15, 0.2) is 11.6 Å². The zero-order valence-corrected chi connectivity index (χ0v) is 21.5. The molecule has 0 atom stereocenters. The fraction of sp³-hybridized carbons (Fsp3) is 0.111. The third-order valence-electron chi connectivity index (χ3n) is 6.03. The molecule has 0 radical (unpaired) electrons. The first-order valence-corrected chi connectivity index (χ1v) is 12.7. The van der Waals surface area contributed by atoms with Gasteiger partial charge in [0.25, 0.3) is 11.1 Å². The normalized spacial score (nSPS) is 11.1. The molecular weight excluding hydrogens is 567 g/mol. The standard InChI is InChI=1S/C27H18F3N3O7S/c28-16-5-4-14(11-19(16)33-25(35)22-18(31-27(33)38)13-41-24(22)26(36)37)40-12-15-20(7-6-17(29)23(15)30)39-10-9-32-8-2-1-3-21(32)34/h1-8,11,13H,9-10,12H2,(H,31,38)(H,36,37). The average molecular weight is 586 g/mol. The van der Waals surface area contributed by atoms with Crippen molar-refractivity contribution in [3.8, 4) is 17.2 Å². The number of nitrogens with zero attached hydrogens (tertiary/aromatic N) is 2. The molecule has 0 aliphatic heterocycles. The molecule has 0 spiro atoms. The van der Waals surface area contributed by atoms with Crippen molar-refractivity contribution in [2.24, 2.45) is 0 Å². The molecule has 210 valence electrons. The lowest BCUT2D eigenvalue weighted by molar-refractivity contribution is 0.0704. The zero-order valence-electron chi connectivity index (χ0n) is 20.7. The van der Waals surface area contributed by atoms with Crippen molar-refractivity contribution in [3.05, 3.63) is 119 Å². The molecule has 0 saturated carbocycles. The van der Waals surface area contributed by atoms with E-state index in [1.165, 1.54) is 22.1 Å². The highest BCUT2D eigenvalue weighted by atomic mass is 32.1. The Morgan fingerprint density at radius 1 is 1.00 bits per heavy atom. The van der Waals surface area contributed by atoms with Crippen molar-refractivity contribution in [1.82, 2.24) is 14.1 Å². The monoisotopic (exact) mass is 585 g/mol. The predicted molar refractivity (Wildman–Crippen MR) is 142 cm³/mol. The number of rotatable bonds is 9. The van der Waals surface area contributed by atoms with E-state index in [2.05, 4.69) is 4.98 Å². The Morgan fingerprint density at radius 3 is 2.54 bits per heavy atom. The quantitative estimate of drug-likeness (QED) is 0.270. The molecule has 0 saturated heterocycles. The number of hydrogen-bond acceptors (Lipinski definition) is 7. The number of carbonyl (C=O) groups is 1. The third kappa shape index (κ3) is 5.36. The summed E-state index contributed by atoms with van der Waals surface area (Å²) in [6.07, 6.45) is 1.54. The van der Waals surface area contributed by atoms with Crippen LogP contribution in [0.4, 0.5) is 13.2 Å². The number of aromatic amines is 1. The summed E-state index contributed by atoms with van der Waals surface area (Å²) in [5.41, 5.74) is -3.25. The van der Waals surface area contributed by atoms with Gasteiger partial charge in [-0.3, -0.25) is 9.59 Å². The first kappa shape index (κ1) is 27.5. The van der Waals surface area contributed by atoms with Crippen LogP contribution in [0, 0.1) is 17.5 Å². The van der Waals surface area contributed by atoms with Gasteiger partial charge >= 0.3 is 11.7 Å². The van der Waals surface area contributed by atoms with Crippen molar-refractivity contribution >= 4 is 28.2 Å². The number of pyridine rings is 1. The van der Waals surface area contributed by atoms with Gasteiger partial charge in [-0.25, -0.2) is 27.3 Å². The number of carboxylic acid groups (broad SMARTS) is 1. The SMILES string of the molecule is O=C(O)c1scc2[nH]c(=O)n(-c3cc(OCc4c(OCCn5ccccc5=O)ccc(F)c4F)ccc3F)c(=O)c12. The van der Waals surface area contributed by atoms with Gasteiger partial charge in [0.05, 0.1) is 28.7 Å². The van der Waals surface area contributed by atoms with E-state index in [9.17, 15) is 37.5 Å². The lowest BCUT2D eigenvalue weighted by atomic mass is 10.2. The highest BCUT2D eigenvalue weighted by Gasteiger charge is 2.21. The zero-order chi connectivity index (χ0) is 29.3. The van der Waals surface area contributed by atoms with Crippen LogP contribution in [0.25, 0.3) is 16.6 Å². The molecule has 0 aliphatic rings. The Labute approximate surface area is 231 Å². The maximum Gasteiger partial charge on any atom is 0.346 e. The number of nitrogens with one attached hydrogen (secondary N) is 1. The highest BCUT2D eigenvalue weighted by Crippen LogP contribution is 2.27. The summed E-state index contributed by atoms with van der Waals surface area (Å²) >= 11 is 0.723. The van der Waals surface area contributed by atoms with Crippen LogP contribution in [-0.4, -0.2) is 31.8 Å². The maximum atomic E-state index is 14.8. The highest BCUT2D eigenvalue weighted by molar-refractivity contribution is 7.13. The minimum atomic E-state index is -1.40. The lowest BCUT2D eigenvalue weighted by Gasteiger charge is -2.15. The number of ether oxygens (including phenoxy) is 2. The van der Waals surface area contributed by atoms with E-state index in [1.807, 2.05) is 0 Å². The molecule has 41 heavy (non-hydrogen) atoms. The Balaban J connectivity index is 1.43. The van der Waals surface area contributed by atoms with E-state index < -0.39 is 47.0 Å². The summed E-state index contributed by atoms with van der Waals surface area (Å²) in [6, 6.07) is 9.67. The lowest BCUT2D eigenvalue weighted by Crippen LogP contribution is -2.34. The van der Waals surface area contributed by atoms with Gasteiger partial charge in [-0.1, -0.05) is 6.07 Å². The van der Waals surface area contributed by atoms with Crippen molar-refractivity contribution in [1.29, 1.82) is 0 Å². The van der Waals surface area contributed by atoms with Crippen LogP contribution in [0.5, 0.6) is 11.5 Å². The third-order valence-corrected chi connectivity index (χ3v) is 7.00. The Morgan fingerprint density at radius 2 is 1.78 bits per heavy atom. The maximum absolute atomic E-state index is 14.8. The smallest absolute Gasteiger partial charge is 0.346 e. The van der Waals surface area contributed by atoms with Crippen molar-refractivity contribution in [3.63, 3.8) is 0 Å². The number of H-pyrrole nitrogens is 1. The first-order valence-electron chi connectivity index (χ1n) is 11.8. The van der Waals surface area contributed by atoms with E-state index in [-0.39, 0.29) is 51.6 Å². The van der Waals surface area contributed by atoms with E-state index in [1.54, 1.807) is 18.3 Å². The summed E-state index contributed by atoms with van der Waals surface area (Å²) in [7, 11) is 0. The number of hydrogen-bond donors (Lipinski definition) is 2. The van der Waals surface area contributed by atoms with Crippen LogP contribution in [0.2, 0.25) is 0 Å². The van der Waals surface area contributed by atoms with Gasteiger partial charge in [0, 0.05) is 23.7 Å². The number of benzene rings is 2. The van der Waals surface area contributed by atoms with Crippen molar-refractivity contribution in [2.75, 3.05) is 6.61 Å². The number of aromatic carboxylic acids is 1.